The van der Waals surface area contributed by atoms with E-state index in [2.05, 4.69) is 9.88 Å². The van der Waals surface area contributed by atoms with Crippen LogP contribution in [0.3, 0.4) is 0 Å². The van der Waals surface area contributed by atoms with E-state index in [4.69, 9.17) is 4.74 Å². The van der Waals surface area contributed by atoms with Crippen molar-refractivity contribution in [1.82, 2.24) is 14.8 Å². The van der Waals surface area contributed by atoms with Gasteiger partial charge in [-0.25, -0.2) is 0 Å². The Bertz CT molecular complexity index is 729. The van der Waals surface area contributed by atoms with Gasteiger partial charge in [0.15, 0.2) is 0 Å². The van der Waals surface area contributed by atoms with Crippen LogP contribution < -0.4 is 4.74 Å². The average molecular weight is 367 g/mol. The van der Waals surface area contributed by atoms with Crippen LogP contribution in [0.2, 0.25) is 0 Å². The number of likely N-dealkylation sites (tertiary alicyclic amines) is 1. The molecule has 5 nitrogen and oxygen atoms in total. The summed E-state index contributed by atoms with van der Waals surface area (Å²) in [7, 11) is 1.88. The summed E-state index contributed by atoms with van der Waals surface area (Å²) in [5, 5.41) is 0. The minimum atomic E-state index is -0.233. The largest absolute Gasteiger partial charge is 0.493 e. The lowest BCUT2D eigenvalue weighted by Gasteiger charge is -2.30. The molecule has 0 radical (unpaired) electrons. The van der Waals surface area contributed by atoms with Crippen LogP contribution in [0.5, 0.6) is 5.75 Å². The third kappa shape index (κ3) is 5.07. The predicted molar refractivity (Wildman–Crippen MR) is 107 cm³/mol. The molecule has 144 valence electrons. The number of ether oxygens (including phenoxy) is 1. The zero-order valence-corrected chi connectivity index (χ0v) is 16.3. The van der Waals surface area contributed by atoms with Gasteiger partial charge in [0.05, 0.1) is 6.61 Å². The smallest absolute Gasteiger partial charge is 0.244 e. The highest BCUT2D eigenvalue weighted by Gasteiger charge is 2.31. The number of hydrogen-bond acceptors (Lipinski definition) is 4. The second kappa shape index (κ2) is 9.51. The van der Waals surface area contributed by atoms with Crippen molar-refractivity contribution >= 4 is 5.91 Å². The molecule has 1 aromatic carbocycles. The Morgan fingerprint density at radius 3 is 2.70 bits per heavy atom. The molecule has 0 unspecified atom stereocenters. The van der Waals surface area contributed by atoms with Gasteiger partial charge in [-0.15, -0.1) is 0 Å². The molecule has 1 atom stereocenters. The molecule has 1 aliphatic rings. The van der Waals surface area contributed by atoms with Crippen molar-refractivity contribution < 1.29 is 9.53 Å². The fourth-order valence-electron chi connectivity index (χ4n) is 3.57. The lowest BCUT2D eigenvalue weighted by molar-refractivity contribution is -0.135. The summed E-state index contributed by atoms with van der Waals surface area (Å²) in [6.07, 6.45) is 6.67. The van der Waals surface area contributed by atoms with E-state index in [1.807, 2.05) is 61.5 Å². The molecule has 0 saturated carbocycles. The van der Waals surface area contributed by atoms with Crippen LogP contribution in [-0.4, -0.2) is 54.0 Å². The van der Waals surface area contributed by atoms with E-state index in [0.717, 1.165) is 49.2 Å². The van der Waals surface area contributed by atoms with Gasteiger partial charge in [0, 0.05) is 26.0 Å². The topological polar surface area (TPSA) is 45.7 Å². The summed E-state index contributed by atoms with van der Waals surface area (Å²) < 4.78 is 5.85. The minimum absolute atomic E-state index is 0.140. The van der Waals surface area contributed by atoms with Gasteiger partial charge in [0.1, 0.15) is 11.8 Å². The summed E-state index contributed by atoms with van der Waals surface area (Å²) in [6.45, 7) is 5.25. The third-order valence-electron chi connectivity index (χ3n) is 5.11. The molecule has 0 aliphatic carbocycles. The number of amides is 1. The molecule has 1 saturated heterocycles. The Morgan fingerprint density at radius 2 is 2.00 bits per heavy atom. The van der Waals surface area contributed by atoms with E-state index in [1.54, 1.807) is 6.20 Å². The van der Waals surface area contributed by atoms with Crippen LogP contribution in [0.4, 0.5) is 0 Å². The van der Waals surface area contributed by atoms with Crippen molar-refractivity contribution in [2.45, 2.75) is 32.2 Å². The maximum absolute atomic E-state index is 13.2. The van der Waals surface area contributed by atoms with Gasteiger partial charge in [-0.05, 0) is 62.5 Å². The normalized spacial score (nSPS) is 15.5. The standard InChI is InChI=1S/C22H29N3O2/c1-18-9-3-4-11-20(18)27-16-8-13-24(2)22(26)21(25-14-5-6-15-25)19-10-7-12-23-17-19/h3-4,7,9-12,17,21H,5-6,8,13-16H2,1-2H3/t21-/m0/s1. The Kier molecular flexibility index (Phi) is 6.82. The predicted octanol–water partition coefficient (Wildman–Crippen LogP) is 3.45. The zero-order chi connectivity index (χ0) is 19.1. The molecule has 0 bridgehead atoms. The first-order chi connectivity index (χ1) is 13.2. The van der Waals surface area contributed by atoms with E-state index in [1.165, 1.54) is 0 Å². The summed E-state index contributed by atoms with van der Waals surface area (Å²) in [4.78, 5) is 21.5. The van der Waals surface area contributed by atoms with E-state index < -0.39 is 0 Å². The second-order valence-corrected chi connectivity index (χ2v) is 7.16. The van der Waals surface area contributed by atoms with Crippen molar-refractivity contribution in [2.24, 2.45) is 0 Å². The van der Waals surface area contributed by atoms with Gasteiger partial charge < -0.3 is 9.64 Å². The molecular weight excluding hydrogens is 338 g/mol. The van der Waals surface area contributed by atoms with Gasteiger partial charge in [-0.3, -0.25) is 14.7 Å². The van der Waals surface area contributed by atoms with Gasteiger partial charge in [-0.1, -0.05) is 24.3 Å². The number of hydrogen-bond donors (Lipinski definition) is 0. The van der Waals surface area contributed by atoms with Gasteiger partial charge in [-0.2, -0.15) is 0 Å². The lowest BCUT2D eigenvalue weighted by atomic mass is 10.1. The Morgan fingerprint density at radius 1 is 1.22 bits per heavy atom. The molecule has 27 heavy (non-hydrogen) atoms. The summed E-state index contributed by atoms with van der Waals surface area (Å²) >= 11 is 0. The first kappa shape index (κ1) is 19.4. The van der Waals surface area contributed by atoms with Gasteiger partial charge >= 0.3 is 0 Å². The Balaban J connectivity index is 1.56. The molecule has 3 rings (SSSR count). The number of rotatable bonds is 8. The lowest BCUT2D eigenvalue weighted by Crippen LogP contribution is -2.41. The van der Waals surface area contributed by atoms with Gasteiger partial charge in [0.25, 0.3) is 0 Å². The highest BCUT2D eigenvalue weighted by Crippen LogP contribution is 2.26. The number of carbonyl (C=O) groups is 1. The quantitative estimate of drug-likeness (QED) is 0.671. The number of benzene rings is 1. The summed E-state index contributed by atoms with van der Waals surface area (Å²) in [5.74, 6) is 1.05. The highest BCUT2D eigenvalue weighted by molar-refractivity contribution is 5.83. The first-order valence-electron chi connectivity index (χ1n) is 9.74. The summed E-state index contributed by atoms with van der Waals surface area (Å²) in [6, 6.07) is 11.7. The molecule has 1 aromatic heterocycles. The third-order valence-corrected chi connectivity index (χ3v) is 5.11. The van der Waals surface area contributed by atoms with Crippen molar-refractivity contribution in [1.29, 1.82) is 0 Å². The van der Waals surface area contributed by atoms with E-state index in [0.29, 0.717) is 13.2 Å². The maximum Gasteiger partial charge on any atom is 0.244 e. The van der Waals surface area contributed by atoms with E-state index >= 15 is 0 Å². The second-order valence-electron chi connectivity index (χ2n) is 7.16. The molecule has 1 amide bonds. The Labute approximate surface area is 162 Å². The molecular formula is C22H29N3O2. The number of aryl methyl sites for hydroxylation is 1. The molecule has 0 spiro atoms. The number of aromatic nitrogens is 1. The van der Waals surface area contributed by atoms with Crippen LogP contribution in [0.1, 0.15) is 36.4 Å². The number of nitrogens with zero attached hydrogens (tertiary/aromatic N) is 3. The fraction of sp³-hybridized carbons (Fsp3) is 0.455. The first-order valence-corrected chi connectivity index (χ1v) is 9.74. The number of carbonyl (C=O) groups excluding carboxylic acids is 1. The average Bonchev–Trinajstić information content (AvgIpc) is 3.21. The molecule has 5 heteroatoms. The molecule has 0 N–H and O–H groups in total. The molecule has 1 fully saturated rings. The molecule has 1 aliphatic heterocycles. The molecule has 2 aromatic rings. The van der Waals surface area contributed by atoms with Gasteiger partial charge in [0.2, 0.25) is 5.91 Å². The van der Waals surface area contributed by atoms with Crippen molar-refractivity contribution in [3.63, 3.8) is 0 Å². The van der Waals surface area contributed by atoms with Crippen molar-refractivity contribution in [3.05, 3.63) is 59.9 Å². The maximum atomic E-state index is 13.2. The fourth-order valence-corrected chi connectivity index (χ4v) is 3.57. The van der Waals surface area contributed by atoms with Crippen LogP contribution >= 0.6 is 0 Å². The van der Waals surface area contributed by atoms with Crippen LogP contribution in [0.15, 0.2) is 48.8 Å². The zero-order valence-electron chi connectivity index (χ0n) is 16.3. The van der Waals surface area contributed by atoms with E-state index in [-0.39, 0.29) is 11.9 Å². The number of likely N-dealkylation sites (N-methyl/N-ethyl adjacent to an activating group) is 1. The number of pyridine rings is 1. The van der Waals surface area contributed by atoms with E-state index in [9.17, 15) is 4.79 Å². The highest BCUT2D eigenvalue weighted by atomic mass is 16.5. The monoisotopic (exact) mass is 367 g/mol. The van der Waals surface area contributed by atoms with Crippen LogP contribution in [0, 0.1) is 6.92 Å². The van der Waals surface area contributed by atoms with Crippen molar-refractivity contribution in [3.8, 4) is 5.75 Å². The SMILES string of the molecule is Cc1ccccc1OCCCN(C)C(=O)[C@H](c1cccnc1)N1CCCC1. The number of para-hydroxylation sites is 1. The summed E-state index contributed by atoms with van der Waals surface area (Å²) in [5.41, 5.74) is 2.11. The minimum Gasteiger partial charge on any atom is -0.493 e. The van der Waals surface area contributed by atoms with Crippen LogP contribution in [0.25, 0.3) is 0 Å². The Hall–Kier alpha value is -2.40. The van der Waals surface area contributed by atoms with Crippen LogP contribution in [-0.2, 0) is 4.79 Å². The van der Waals surface area contributed by atoms with Crippen molar-refractivity contribution in [2.75, 3.05) is 33.3 Å². The molecule has 2 heterocycles.